The predicted molar refractivity (Wildman–Crippen MR) is 88.5 cm³/mol. The Balaban J connectivity index is 1.78. The van der Waals surface area contributed by atoms with E-state index in [-0.39, 0.29) is 24.1 Å². The van der Waals surface area contributed by atoms with E-state index < -0.39 is 11.9 Å². The minimum atomic E-state index is -4.50. The first kappa shape index (κ1) is 18.5. The smallest absolute Gasteiger partial charge is 0.348 e. The summed E-state index contributed by atoms with van der Waals surface area (Å²) in [6.45, 7) is 5.29. The average molecular weight is 369 g/mol. The molecule has 2 heterocycles. The van der Waals surface area contributed by atoms with Gasteiger partial charge in [0.05, 0.1) is 11.7 Å². The molecule has 0 saturated heterocycles. The van der Waals surface area contributed by atoms with Gasteiger partial charge in [0.2, 0.25) is 5.91 Å². The lowest BCUT2D eigenvalue weighted by atomic mass is 9.95. The number of hydrogen-bond donors (Lipinski definition) is 2. The molecule has 26 heavy (non-hydrogen) atoms. The monoisotopic (exact) mass is 369 g/mol. The Morgan fingerprint density at radius 1 is 1.31 bits per heavy atom. The van der Waals surface area contributed by atoms with Crippen molar-refractivity contribution in [2.45, 2.75) is 65.2 Å². The zero-order valence-corrected chi connectivity index (χ0v) is 15.0. The predicted octanol–water partition coefficient (Wildman–Crippen LogP) is 3.00. The quantitative estimate of drug-likeness (QED) is 0.870. The van der Waals surface area contributed by atoms with Crippen molar-refractivity contribution in [2.75, 3.05) is 0 Å². The highest BCUT2D eigenvalue weighted by Crippen LogP contribution is 2.35. The van der Waals surface area contributed by atoms with Gasteiger partial charge in [-0.1, -0.05) is 0 Å². The van der Waals surface area contributed by atoms with Crippen LogP contribution in [0.25, 0.3) is 0 Å². The van der Waals surface area contributed by atoms with E-state index in [1.807, 2.05) is 20.8 Å². The molecule has 142 valence electrons. The summed E-state index contributed by atoms with van der Waals surface area (Å²) in [4.78, 5) is 12.4. The van der Waals surface area contributed by atoms with Crippen molar-refractivity contribution in [1.82, 2.24) is 25.3 Å². The molecule has 0 saturated carbocycles. The van der Waals surface area contributed by atoms with Gasteiger partial charge in [0, 0.05) is 22.5 Å². The summed E-state index contributed by atoms with van der Waals surface area (Å²) in [5, 5.41) is 13.5. The molecule has 1 amide bonds. The molecule has 0 aromatic carbocycles. The van der Waals surface area contributed by atoms with Crippen LogP contribution in [0.4, 0.5) is 13.2 Å². The number of H-pyrrole nitrogens is 1. The van der Waals surface area contributed by atoms with Crippen LogP contribution < -0.4 is 5.32 Å². The van der Waals surface area contributed by atoms with Gasteiger partial charge in [-0.3, -0.25) is 14.6 Å². The Kier molecular flexibility index (Phi) is 4.81. The summed E-state index contributed by atoms with van der Waals surface area (Å²) in [5.41, 5.74) is 2.44. The Hall–Kier alpha value is -2.32. The summed E-state index contributed by atoms with van der Waals surface area (Å²) in [6, 6.07) is -0.297. The highest BCUT2D eigenvalue weighted by molar-refractivity contribution is 5.76. The van der Waals surface area contributed by atoms with Gasteiger partial charge in [0.25, 0.3) is 0 Å². The Morgan fingerprint density at radius 3 is 2.62 bits per heavy atom. The fraction of sp³-hybridized carbons (Fsp3) is 0.588. The molecule has 0 fully saturated rings. The summed E-state index contributed by atoms with van der Waals surface area (Å²) in [6.07, 6.45) is -2.11. The molecule has 0 aliphatic heterocycles. The molecule has 3 rings (SSSR count). The molecule has 2 aromatic rings. The number of halogens is 3. The van der Waals surface area contributed by atoms with Gasteiger partial charge < -0.3 is 5.32 Å². The number of alkyl halides is 3. The zero-order valence-electron chi connectivity index (χ0n) is 15.0. The van der Waals surface area contributed by atoms with Crippen LogP contribution in [0.1, 0.15) is 59.7 Å². The summed E-state index contributed by atoms with van der Waals surface area (Å²) in [7, 11) is 0. The second-order valence-electron chi connectivity index (χ2n) is 6.77. The van der Waals surface area contributed by atoms with E-state index in [1.54, 1.807) is 0 Å². The van der Waals surface area contributed by atoms with Gasteiger partial charge >= 0.3 is 6.18 Å². The SMILES string of the molecule is Cc1n[nH]c(C)c1[C@@H](C)NC(=O)Cn1nc(C(F)(F)F)c2c1CCCC2. The molecule has 1 aliphatic carbocycles. The molecule has 6 nitrogen and oxygen atoms in total. The number of carbonyl (C=O) groups is 1. The highest BCUT2D eigenvalue weighted by atomic mass is 19.4. The summed E-state index contributed by atoms with van der Waals surface area (Å²) >= 11 is 0. The van der Waals surface area contributed by atoms with Crippen molar-refractivity contribution in [3.8, 4) is 0 Å². The lowest BCUT2D eigenvalue weighted by molar-refractivity contribution is -0.142. The van der Waals surface area contributed by atoms with Crippen molar-refractivity contribution in [2.24, 2.45) is 0 Å². The molecule has 2 aromatic heterocycles. The van der Waals surface area contributed by atoms with Crippen LogP contribution in [0.3, 0.4) is 0 Å². The number of nitrogens with zero attached hydrogens (tertiary/aromatic N) is 3. The number of aryl methyl sites for hydroxylation is 2. The van der Waals surface area contributed by atoms with Gasteiger partial charge in [-0.05, 0) is 46.5 Å². The lowest BCUT2D eigenvalue weighted by Crippen LogP contribution is -2.31. The fourth-order valence-corrected chi connectivity index (χ4v) is 3.72. The molecule has 0 bridgehead atoms. The van der Waals surface area contributed by atoms with Crippen molar-refractivity contribution in [1.29, 1.82) is 0 Å². The number of aromatic amines is 1. The van der Waals surface area contributed by atoms with Crippen LogP contribution in [0.5, 0.6) is 0 Å². The van der Waals surface area contributed by atoms with E-state index in [1.165, 1.54) is 4.68 Å². The third-order valence-corrected chi connectivity index (χ3v) is 4.81. The van der Waals surface area contributed by atoms with Crippen LogP contribution in [0.2, 0.25) is 0 Å². The first-order valence-electron chi connectivity index (χ1n) is 8.65. The molecule has 1 aliphatic rings. The number of fused-ring (bicyclic) bond motifs is 1. The minimum absolute atomic E-state index is 0.224. The first-order valence-corrected chi connectivity index (χ1v) is 8.65. The molecule has 0 unspecified atom stereocenters. The van der Waals surface area contributed by atoms with Gasteiger partial charge in [0.1, 0.15) is 6.54 Å². The van der Waals surface area contributed by atoms with E-state index in [4.69, 9.17) is 0 Å². The molecule has 0 spiro atoms. The lowest BCUT2D eigenvalue weighted by Gasteiger charge is -2.17. The number of carbonyl (C=O) groups excluding carboxylic acids is 1. The summed E-state index contributed by atoms with van der Waals surface area (Å²) in [5.74, 6) is -0.373. The number of nitrogens with one attached hydrogen (secondary N) is 2. The zero-order chi connectivity index (χ0) is 19.1. The first-order chi connectivity index (χ1) is 12.2. The maximum absolute atomic E-state index is 13.2. The molecular formula is C17H22F3N5O. The number of aromatic nitrogens is 4. The topological polar surface area (TPSA) is 75.6 Å². The van der Waals surface area contributed by atoms with Gasteiger partial charge in [-0.25, -0.2) is 0 Å². The van der Waals surface area contributed by atoms with Crippen LogP contribution >= 0.6 is 0 Å². The molecule has 1 atom stereocenters. The maximum Gasteiger partial charge on any atom is 0.435 e. The minimum Gasteiger partial charge on any atom is -0.348 e. The van der Waals surface area contributed by atoms with Crippen LogP contribution in [0.15, 0.2) is 0 Å². The second kappa shape index (κ2) is 6.77. The van der Waals surface area contributed by atoms with Crippen molar-refractivity contribution >= 4 is 5.91 Å². The van der Waals surface area contributed by atoms with Crippen molar-refractivity contribution in [3.63, 3.8) is 0 Å². The van der Waals surface area contributed by atoms with Crippen LogP contribution in [-0.2, 0) is 30.4 Å². The van der Waals surface area contributed by atoms with Gasteiger partial charge in [0.15, 0.2) is 5.69 Å². The van der Waals surface area contributed by atoms with E-state index >= 15 is 0 Å². The molecule has 2 N–H and O–H groups in total. The van der Waals surface area contributed by atoms with Gasteiger partial charge in [-0.15, -0.1) is 0 Å². The van der Waals surface area contributed by atoms with Crippen molar-refractivity contribution < 1.29 is 18.0 Å². The molecule has 0 radical (unpaired) electrons. The largest absolute Gasteiger partial charge is 0.435 e. The number of rotatable bonds is 4. The fourth-order valence-electron chi connectivity index (χ4n) is 3.72. The number of amides is 1. The van der Waals surface area contributed by atoms with Gasteiger partial charge in [-0.2, -0.15) is 23.4 Å². The van der Waals surface area contributed by atoms with E-state index in [0.29, 0.717) is 25.0 Å². The van der Waals surface area contributed by atoms with E-state index in [2.05, 4.69) is 20.6 Å². The summed E-state index contributed by atoms with van der Waals surface area (Å²) < 4.78 is 40.9. The Bertz CT molecular complexity index is 802. The third-order valence-electron chi connectivity index (χ3n) is 4.81. The molecular weight excluding hydrogens is 347 g/mol. The number of hydrogen-bond acceptors (Lipinski definition) is 3. The van der Waals surface area contributed by atoms with Crippen molar-refractivity contribution in [3.05, 3.63) is 33.9 Å². The van der Waals surface area contributed by atoms with E-state index in [0.717, 1.165) is 23.4 Å². The Morgan fingerprint density at radius 2 is 2.00 bits per heavy atom. The standard InChI is InChI=1S/C17H22F3N5O/c1-9(15-10(2)22-23-11(15)3)21-14(26)8-25-13-7-5-4-6-12(13)16(24-25)17(18,19)20/h9H,4-8H2,1-3H3,(H,21,26)(H,22,23)/t9-/m1/s1. The third kappa shape index (κ3) is 3.47. The van der Waals surface area contributed by atoms with Crippen LogP contribution in [0, 0.1) is 13.8 Å². The van der Waals surface area contributed by atoms with E-state index in [9.17, 15) is 18.0 Å². The normalized spacial score (nSPS) is 15.6. The highest BCUT2D eigenvalue weighted by Gasteiger charge is 2.39. The van der Waals surface area contributed by atoms with Crippen LogP contribution in [-0.4, -0.2) is 25.9 Å². The molecule has 9 heteroatoms. The average Bonchev–Trinajstić information content (AvgIpc) is 3.08. The maximum atomic E-state index is 13.2. The second-order valence-corrected chi connectivity index (χ2v) is 6.77. The Labute approximate surface area is 149 Å².